The van der Waals surface area contributed by atoms with Crippen molar-refractivity contribution in [3.63, 3.8) is 0 Å². The van der Waals surface area contributed by atoms with E-state index < -0.39 is 24.0 Å². The van der Waals surface area contributed by atoms with Gasteiger partial charge in [-0.3, -0.25) is 9.59 Å². The summed E-state index contributed by atoms with van der Waals surface area (Å²) in [5, 5.41) is 38.0. The van der Waals surface area contributed by atoms with E-state index in [1.54, 1.807) is 24.3 Å². The van der Waals surface area contributed by atoms with Crippen LogP contribution in [0.25, 0.3) is 0 Å². The molecule has 8 nitrogen and oxygen atoms in total. The second kappa shape index (κ2) is 8.52. The molecule has 0 aliphatic heterocycles. The molecule has 0 unspecified atom stereocenters. The molecule has 0 radical (unpaired) electrons. The fourth-order valence-electron chi connectivity index (χ4n) is 2.70. The fourth-order valence-corrected chi connectivity index (χ4v) is 2.70. The van der Waals surface area contributed by atoms with E-state index in [1.165, 1.54) is 12.1 Å². The molecule has 0 amide bonds. The van der Waals surface area contributed by atoms with Crippen LogP contribution >= 0.6 is 0 Å². The van der Waals surface area contributed by atoms with Crippen LogP contribution in [-0.2, 0) is 28.9 Å². The average Bonchev–Trinajstić information content (AvgIpc) is 2.60. The maximum Gasteiger partial charge on any atom is 0.320 e. The van der Waals surface area contributed by atoms with Crippen molar-refractivity contribution in [1.82, 2.24) is 0 Å². The molecule has 27 heavy (non-hydrogen) atoms. The number of phenols is 2. The number of hydrogen-bond donors (Lipinski definition) is 6. The minimum absolute atomic E-state index is 0.00492. The van der Waals surface area contributed by atoms with Gasteiger partial charge in [-0.15, -0.1) is 0 Å². The molecule has 0 saturated carbocycles. The SMILES string of the molecule is N[C@@H](Cc1ccc(O)c(Cc2cc(C[C@H](N)C(=O)O)ccc2O)c1)C(=O)O. The monoisotopic (exact) mass is 374 g/mol. The summed E-state index contributed by atoms with van der Waals surface area (Å²) in [7, 11) is 0. The van der Waals surface area contributed by atoms with Gasteiger partial charge in [0.25, 0.3) is 0 Å². The summed E-state index contributed by atoms with van der Waals surface area (Å²) in [6.45, 7) is 0. The van der Waals surface area contributed by atoms with Gasteiger partial charge in [-0.1, -0.05) is 24.3 Å². The van der Waals surface area contributed by atoms with Crippen LogP contribution in [0.2, 0.25) is 0 Å². The molecule has 2 aromatic rings. The van der Waals surface area contributed by atoms with E-state index in [2.05, 4.69) is 0 Å². The highest BCUT2D eigenvalue weighted by atomic mass is 16.4. The van der Waals surface area contributed by atoms with Crippen LogP contribution in [0.5, 0.6) is 11.5 Å². The molecule has 0 heterocycles. The lowest BCUT2D eigenvalue weighted by Gasteiger charge is -2.13. The van der Waals surface area contributed by atoms with Crippen molar-refractivity contribution in [2.45, 2.75) is 31.3 Å². The normalized spacial score (nSPS) is 13.1. The van der Waals surface area contributed by atoms with Gasteiger partial charge >= 0.3 is 11.9 Å². The van der Waals surface area contributed by atoms with Crippen molar-refractivity contribution in [2.75, 3.05) is 0 Å². The Morgan fingerprint density at radius 3 is 1.48 bits per heavy atom. The maximum absolute atomic E-state index is 10.9. The van der Waals surface area contributed by atoms with Crippen LogP contribution in [0.1, 0.15) is 22.3 Å². The second-order valence-corrected chi connectivity index (χ2v) is 6.40. The minimum Gasteiger partial charge on any atom is -0.508 e. The summed E-state index contributed by atoms with van der Waals surface area (Å²) in [5.41, 5.74) is 13.3. The molecule has 2 aromatic carbocycles. The minimum atomic E-state index is -1.12. The number of benzene rings is 2. The first kappa shape index (κ1) is 20.2. The molecule has 8 N–H and O–H groups in total. The quantitative estimate of drug-likeness (QED) is 0.390. The Kier molecular flexibility index (Phi) is 6.38. The Morgan fingerprint density at radius 2 is 1.15 bits per heavy atom. The molecule has 0 bridgehead atoms. The third-order valence-corrected chi connectivity index (χ3v) is 4.21. The second-order valence-electron chi connectivity index (χ2n) is 6.40. The predicted octanol–water partition coefficient (Wildman–Crippen LogP) is 0.597. The summed E-state index contributed by atoms with van der Waals surface area (Å²) in [6.07, 6.45) is 0.369. The molecule has 0 aliphatic rings. The van der Waals surface area contributed by atoms with Gasteiger partial charge in [0.2, 0.25) is 0 Å². The molecule has 0 aromatic heterocycles. The van der Waals surface area contributed by atoms with Crippen LogP contribution in [0.4, 0.5) is 0 Å². The third-order valence-electron chi connectivity index (χ3n) is 4.21. The van der Waals surface area contributed by atoms with E-state index >= 15 is 0 Å². The van der Waals surface area contributed by atoms with E-state index in [4.69, 9.17) is 21.7 Å². The number of aromatic hydroxyl groups is 2. The topological polar surface area (TPSA) is 167 Å². The molecule has 0 aliphatic carbocycles. The van der Waals surface area contributed by atoms with Crippen LogP contribution in [0, 0.1) is 0 Å². The summed E-state index contributed by atoms with van der Waals surface area (Å²) in [4.78, 5) is 21.8. The fraction of sp³-hybridized carbons (Fsp3) is 0.263. The van der Waals surface area contributed by atoms with Gasteiger partial charge in [0.15, 0.2) is 0 Å². The van der Waals surface area contributed by atoms with Crippen LogP contribution < -0.4 is 11.5 Å². The lowest BCUT2D eigenvalue weighted by Crippen LogP contribution is -2.32. The standard InChI is InChI=1S/C19H22N2O6/c20-14(18(24)25)7-10-1-3-16(22)12(5-10)9-13-6-11(2-4-17(13)23)8-15(21)19(26)27/h1-6,14-15,22-23H,7-9,20-21H2,(H,24,25)(H,26,27)/t14-,15-/m0/s1. The van der Waals surface area contributed by atoms with Gasteiger partial charge in [0.05, 0.1) is 0 Å². The average molecular weight is 374 g/mol. The van der Waals surface area contributed by atoms with Crippen LogP contribution in [0.15, 0.2) is 36.4 Å². The maximum atomic E-state index is 10.9. The predicted molar refractivity (Wildman–Crippen MR) is 97.7 cm³/mol. The van der Waals surface area contributed by atoms with Gasteiger partial charge in [-0.2, -0.15) is 0 Å². The lowest BCUT2D eigenvalue weighted by molar-refractivity contribution is -0.139. The number of hydrogen-bond acceptors (Lipinski definition) is 6. The largest absolute Gasteiger partial charge is 0.508 e. The number of carbonyl (C=O) groups is 2. The van der Waals surface area contributed by atoms with Crippen molar-refractivity contribution >= 4 is 11.9 Å². The molecular formula is C19H22N2O6. The number of rotatable bonds is 8. The Morgan fingerprint density at radius 1 is 0.778 bits per heavy atom. The first-order valence-electron chi connectivity index (χ1n) is 8.25. The molecule has 0 fully saturated rings. The summed E-state index contributed by atoms with van der Waals surface area (Å²) >= 11 is 0. The van der Waals surface area contributed by atoms with Crippen LogP contribution in [-0.4, -0.2) is 44.4 Å². The van der Waals surface area contributed by atoms with E-state index in [1.807, 2.05) is 0 Å². The van der Waals surface area contributed by atoms with Crippen molar-refractivity contribution in [3.05, 3.63) is 58.7 Å². The molecule has 0 spiro atoms. The van der Waals surface area contributed by atoms with Crippen molar-refractivity contribution in [1.29, 1.82) is 0 Å². The van der Waals surface area contributed by atoms with Gasteiger partial charge in [-0.05, 0) is 47.2 Å². The zero-order chi connectivity index (χ0) is 20.1. The summed E-state index contributed by atoms with van der Waals surface area (Å²) < 4.78 is 0. The first-order valence-corrected chi connectivity index (χ1v) is 8.25. The number of aliphatic carboxylic acids is 2. The zero-order valence-electron chi connectivity index (χ0n) is 14.5. The first-order chi connectivity index (χ1) is 12.7. The van der Waals surface area contributed by atoms with E-state index in [0.717, 1.165) is 0 Å². The lowest BCUT2D eigenvalue weighted by atomic mass is 9.96. The third kappa shape index (κ3) is 5.44. The van der Waals surface area contributed by atoms with Gasteiger partial charge in [0.1, 0.15) is 23.6 Å². The smallest absolute Gasteiger partial charge is 0.320 e. The molecule has 2 atom stereocenters. The van der Waals surface area contributed by atoms with Gasteiger partial charge in [-0.25, -0.2) is 0 Å². The Balaban J connectivity index is 2.25. The number of nitrogens with two attached hydrogens (primary N) is 2. The molecule has 0 saturated heterocycles. The number of carboxylic acid groups (broad SMARTS) is 2. The van der Waals surface area contributed by atoms with E-state index in [9.17, 15) is 19.8 Å². The summed E-state index contributed by atoms with van der Waals surface area (Å²) in [6, 6.07) is 7.21. The van der Waals surface area contributed by atoms with Crippen molar-refractivity contribution in [3.8, 4) is 11.5 Å². The summed E-state index contributed by atoms with van der Waals surface area (Å²) in [5.74, 6) is -2.25. The zero-order valence-corrected chi connectivity index (χ0v) is 14.5. The highest BCUT2D eigenvalue weighted by molar-refractivity contribution is 5.74. The molecule has 2 rings (SSSR count). The van der Waals surface area contributed by atoms with Crippen molar-refractivity contribution < 1.29 is 30.0 Å². The van der Waals surface area contributed by atoms with Crippen molar-refractivity contribution in [2.24, 2.45) is 11.5 Å². The Labute approximate surface area is 155 Å². The Bertz CT molecular complexity index is 783. The van der Waals surface area contributed by atoms with E-state index in [0.29, 0.717) is 22.3 Å². The van der Waals surface area contributed by atoms with E-state index in [-0.39, 0.29) is 30.8 Å². The molecule has 144 valence electrons. The Hall–Kier alpha value is -3.10. The number of phenolic OH excluding ortho intramolecular Hbond substituents is 2. The molecule has 8 heteroatoms. The number of carboxylic acids is 2. The highest BCUT2D eigenvalue weighted by Gasteiger charge is 2.16. The van der Waals surface area contributed by atoms with Gasteiger partial charge in [0, 0.05) is 6.42 Å². The van der Waals surface area contributed by atoms with Crippen LogP contribution in [0.3, 0.4) is 0 Å². The van der Waals surface area contributed by atoms with Gasteiger partial charge < -0.3 is 31.9 Å². The molecular weight excluding hydrogens is 352 g/mol. The highest BCUT2D eigenvalue weighted by Crippen LogP contribution is 2.27.